The molecule has 0 heterocycles. The van der Waals surface area contributed by atoms with E-state index < -0.39 is 5.41 Å². The molecule has 2 aliphatic rings. The van der Waals surface area contributed by atoms with Crippen LogP contribution in [0.4, 0.5) is 0 Å². The van der Waals surface area contributed by atoms with E-state index in [0.29, 0.717) is 12.8 Å². The predicted molar refractivity (Wildman–Crippen MR) is 61.6 cm³/mol. The molecule has 92 valence electrons. The molecule has 4 heteroatoms. The second-order valence-electron chi connectivity index (χ2n) is 5.11. The van der Waals surface area contributed by atoms with Crippen LogP contribution < -0.4 is 0 Å². The van der Waals surface area contributed by atoms with Gasteiger partial charge in [0, 0.05) is 42.2 Å². The van der Waals surface area contributed by atoms with Crippen LogP contribution in [0.25, 0.3) is 0 Å². The molecule has 17 heavy (non-hydrogen) atoms. The molecule has 0 aromatic carbocycles. The molecule has 0 unspecified atom stereocenters. The minimum absolute atomic E-state index is 0.0556. The second-order valence-corrected chi connectivity index (χ2v) is 5.11. The van der Waals surface area contributed by atoms with Gasteiger partial charge >= 0.3 is 0 Å². The van der Waals surface area contributed by atoms with E-state index in [9.17, 15) is 19.8 Å². The van der Waals surface area contributed by atoms with Gasteiger partial charge in [-0.25, -0.2) is 0 Å². The van der Waals surface area contributed by atoms with Gasteiger partial charge in [0.25, 0.3) is 0 Å². The predicted octanol–water partition coefficient (Wildman–Crippen LogP) is 2.36. The molecule has 0 saturated heterocycles. The summed E-state index contributed by atoms with van der Waals surface area (Å²) >= 11 is 0. The van der Waals surface area contributed by atoms with Crippen molar-refractivity contribution in [2.45, 2.75) is 39.5 Å². The summed E-state index contributed by atoms with van der Waals surface area (Å²) in [4.78, 5) is 23.5. The van der Waals surface area contributed by atoms with E-state index in [4.69, 9.17) is 0 Å². The lowest BCUT2D eigenvalue weighted by molar-refractivity contribution is -0.116. The van der Waals surface area contributed by atoms with Gasteiger partial charge < -0.3 is 10.2 Å². The van der Waals surface area contributed by atoms with Gasteiger partial charge in [-0.2, -0.15) is 0 Å². The Kier molecular flexibility index (Phi) is 2.60. The highest BCUT2D eigenvalue weighted by Crippen LogP contribution is 2.45. The van der Waals surface area contributed by atoms with E-state index in [1.54, 1.807) is 13.8 Å². The van der Waals surface area contributed by atoms with E-state index in [2.05, 4.69) is 0 Å². The van der Waals surface area contributed by atoms with Crippen molar-refractivity contribution in [3.63, 3.8) is 0 Å². The van der Waals surface area contributed by atoms with Crippen molar-refractivity contribution >= 4 is 11.6 Å². The van der Waals surface area contributed by atoms with Crippen molar-refractivity contribution in [2.75, 3.05) is 0 Å². The van der Waals surface area contributed by atoms with Crippen LogP contribution in [-0.4, -0.2) is 21.8 Å². The van der Waals surface area contributed by atoms with Crippen molar-refractivity contribution in [2.24, 2.45) is 5.41 Å². The molecule has 2 rings (SSSR count). The highest BCUT2D eigenvalue weighted by atomic mass is 16.3. The molecule has 4 nitrogen and oxygen atoms in total. The van der Waals surface area contributed by atoms with Gasteiger partial charge in [0.1, 0.15) is 11.5 Å². The number of carbonyl (C=O) groups excluding carboxylic acids is 2. The zero-order chi connectivity index (χ0) is 12.8. The van der Waals surface area contributed by atoms with Crippen molar-refractivity contribution < 1.29 is 19.8 Å². The number of rotatable bonds is 2. The van der Waals surface area contributed by atoms with Gasteiger partial charge in [0.05, 0.1) is 0 Å². The maximum atomic E-state index is 11.8. The standard InChI is InChI=1S/C13H16O4/c1-13(2,11-7(14)3-4-8(11)15)12-9(16)5-6-10(12)17/h14,16H,3-6H2,1-2H3. The van der Waals surface area contributed by atoms with Gasteiger partial charge in [0.2, 0.25) is 0 Å². The van der Waals surface area contributed by atoms with Crippen LogP contribution in [0.2, 0.25) is 0 Å². The highest BCUT2D eigenvalue weighted by molar-refractivity contribution is 6.06. The number of aliphatic hydroxyl groups is 2. The van der Waals surface area contributed by atoms with E-state index >= 15 is 0 Å². The quantitative estimate of drug-likeness (QED) is 0.771. The molecule has 0 saturated carbocycles. The molecule has 2 aliphatic carbocycles. The van der Waals surface area contributed by atoms with E-state index in [1.165, 1.54) is 0 Å². The molecule has 0 radical (unpaired) electrons. The van der Waals surface area contributed by atoms with Crippen LogP contribution in [0.1, 0.15) is 39.5 Å². The number of hydrogen-bond acceptors (Lipinski definition) is 4. The lowest BCUT2D eigenvalue weighted by Crippen LogP contribution is -2.26. The third-order valence-electron chi connectivity index (χ3n) is 3.56. The summed E-state index contributed by atoms with van der Waals surface area (Å²) in [6.07, 6.45) is 1.24. The van der Waals surface area contributed by atoms with Crippen LogP contribution >= 0.6 is 0 Å². The smallest absolute Gasteiger partial charge is 0.163 e. The number of ketones is 2. The Morgan fingerprint density at radius 1 is 0.824 bits per heavy atom. The molecule has 0 aromatic heterocycles. The Hall–Kier alpha value is -1.58. The highest BCUT2D eigenvalue weighted by Gasteiger charge is 2.43. The largest absolute Gasteiger partial charge is 0.512 e. The van der Waals surface area contributed by atoms with Crippen LogP contribution in [0.5, 0.6) is 0 Å². The third kappa shape index (κ3) is 1.68. The zero-order valence-corrected chi connectivity index (χ0v) is 10.0. The molecule has 0 bridgehead atoms. The van der Waals surface area contributed by atoms with Crippen molar-refractivity contribution in [1.29, 1.82) is 0 Å². The van der Waals surface area contributed by atoms with Gasteiger partial charge in [-0.3, -0.25) is 9.59 Å². The summed E-state index contributed by atoms with van der Waals surface area (Å²) in [5.41, 5.74) is -0.321. The zero-order valence-electron chi connectivity index (χ0n) is 10.0. The Labute approximate surface area is 99.6 Å². The van der Waals surface area contributed by atoms with Crippen LogP contribution in [-0.2, 0) is 9.59 Å². The average Bonchev–Trinajstić information content (AvgIpc) is 2.71. The van der Waals surface area contributed by atoms with Gasteiger partial charge in [0.15, 0.2) is 11.6 Å². The van der Waals surface area contributed by atoms with Crippen LogP contribution in [0, 0.1) is 5.41 Å². The third-order valence-corrected chi connectivity index (χ3v) is 3.56. The minimum Gasteiger partial charge on any atom is -0.512 e. The molecule has 0 amide bonds. The molecule has 0 spiro atoms. The van der Waals surface area contributed by atoms with E-state index in [1.807, 2.05) is 0 Å². The monoisotopic (exact) mass is 236 g/mol. The maximum Gasteiger partial charge on any atom is 0.163 e. The molecular formula is C13H16O4. The number of hydrogen-bond donors (Lipinski definition) is 2. The molecule has 0 atom stereocenters. The molecular weight excluding hydrogens is 220 g/mol. The van der Waals surface area contributed by atoms with Crippen molar-refractivity contribution in [3.8, 4) is 0 Å². The van der Waals surface area contributed by atoms with Crippen LogP contribution in [0.3, 0.4) is 0 Å². The molecule has 0 fully saturated rings. The summed E-state index contributed by atoms with van der Waals surface area (Å²) in [6, 6.07) is 0. The Balaban J connectivity index is 2.51. The Morgan fingerprint density at radius 3 is 1.41 bits per heavy atom. The first-order chi connectivity index (χ1) is 7.85. The topological polar surface area (TPSA) is 74.6 Å². The SMILES string of the molecule is CC(C)(C1=C(O)CCC1=O)C1=C(O)CCC1=O. The fourth-order valence-electron chi connectivity index (χ4n) is 2.83. The minimum atomic E-state index is -0.894. The van der Waals surface area contributed by atoms with E-state index in [-0.39, 0.29) is 47.1 Å². The lowest BCUT2D eigenvalue weighted by atomic mass is 9.75. The number of Topliss-reactive ketones (excluding diaryl/α,β-unsaturated/α-hetero) is 2. The first-order valence-electron chi connectivity index (χ1n) is 5.77. The Bertz CT molecular complexity index is 424. The Morgan fingerprint density at radius 2 is 1.18 bits per heavy atom. The molecule has 0 aromatic rings. The summed E-state index contributed by atoms with van der Waals surface area (Å²) in [7, 11) is 0. The normalized spacial score (nSPS) is 22.0. The van der Waals surface area contributed by atoms with Crippen molar-refractivity contribution in [1.82, 2.24) is 0 Å². The first kappa shape index (κ1) is 11.9. The molecule has 2 N–H and O–H groups in total. The first-order valence-corrected chi connectivity index (χ1v) is 5.77. The summed E-state index contributed by atoms with van der Waals surface area (Å²) in [5, 5.41) is 19.5. The lowest BCUT2D eigenvalue weighted by Gasteiger charge is -2.26. The maximum absolute atomic E-state index is 11.8. The fraction of sp³-hybridized carbons (Fsp3) is 0.538. The van der Waals surface area contributed by atoms with E-state index in [0.717, 1.165) is 0 Å². The molecule has 0 aliphatic heterocycles. The van der Waals surface area contributed by atoms with Crippen molar-refractivity contribution in [3.05, 3.63) is 22.7 Å². The number of aliphatic hydroxyl groups excluding tert-OH is 2. The number of allylic oxidation sites excluding steroid dienone is 4. The fourth-order valence-corrected chi connectivity index (χ4v) is 2.83. The van der Waals surface area contributed by atoms with Crippen LogP contribution in [0.15, 0.2) is 22.7 Å². The van der Waals surface area contributed by atoms with Gasteiger partial charge in [-0.15, -0.1) is 0 Å². The average molecular weight is 236 g/mol. The summed E-state index contributed by atoms with van der Waals surface area (Å²) in [5.74, 6) is -0.153. The summed E-state index contributed by atoms with van der Waals surface area (Å²) < 4.78 is 0. The van der Waals surface area contributed by atoms with Gasteiger partial charge in [-0.05, 0) is 0 Å². The summed E-state index contributed by atoms with van der Waals surface area (Å²) in [6.45, 7) is 3.41. The second kappa shape index (κ2) is 3.72. The van der Waals surface area contributed by atoms with Gasteiger partial charge in [-0.1, -0.05) is 13.8 Å². The number of carbonyl (C=O) groups is 2.